The molecule has 5 heteroatoms. The topological polar surface area (TPSA) is 65.1 Å². The van der Waals surface area contributed by atoms with E-state index in [0.717, 1.165) is 0 Å². The summed E-state index contributed by atoms with van der Waals surface area (Å²) in [5, 5.41) is 11.6. The van der Waals surface area contributed by atoms with Gasteiger partial charge in [0.25, 0.3) is 0 Å². The smallest absolute Gasteiger partial charge is 0.352 e. The van der Waals surface area contributed by atoms with Gasteiger partial charge in [0.15, 0.2) is 0 Å². The van der Waals surface area contributed by atoms with E-state index in [4.69, 9.17) is 5.11 Å². The monoisotopic (exact) mass is 234 g/mol. The number of H-pyrrole nitrogens is 1. The first kappa shape index (κ1) is 11.2. The van der Waals surface area contributed by atoms with Gasteiger partial charge >= 0.3 is 5.97 Å². The van der Waals surface area contributed by atoms with Gasteiger partial charge in [-0.3, -0.25) is 0 Å². The first-order valence-electron chi connectivity index (χ1n) is 5.06. The third-order valence-corrected chi connectivity index (χ3v) is 2.32. The highest BCUT2D eigenvalue weighted by Crippen LogP contribution is 2.13. The van der Waals surface area contributed by atoms with Gasteiger partial charge in [0.2, 0.25) is 0 Å². The van der Waals surface area contributed by atoms with E-state index in [1.54, 1.807) is 24.3 Å². The van der Waals surface area contributed by atoms with Crippen LogP contribution >= 0.6 is 0 Å². The predicted octanol–water partition coefficient (Wildman–Crippen LogP) is 2.46. The van der Waals surface area contributed by atoms with Gasteiger partial charge in [-0.25, -0.2) is 9.18 Å². The van der Waals surface area contributed by atoms with Gasteiger partial charge in [-0.2, -0.15) is 0 Å². The third-order valence-electron chi connectivity index (χ3n) is 2.32. The number of aromatic carboxylic acids is 1. The van der Waals surface area contributed by atoms with Crippen molar-refractivity contribution in [2.24, 2.45) is 0 Å². The van der Waals surface area contributed by atoms with Gasteiger partial charge in [0, 0.05) is 5.69 Å². The molecule has 17 heavy (non-hydrogen) atoms. The van der Waals surface area contributed by atoms with E-state index in [-0.39, 0.29) is 11.5 Å². The number of rotatable bonds is 4. The number of aromatic amines is 1. The molecule has 88 valence electrons. The number of para-hydroxylation sites is 1. The molecule has 0 saturated carbocycles. The van der Waals surface area contributed by atoms with Crippen LogP contribution in [0.15, 0.2) is 36.4 Å². The molecule has 0 amide bonds. The van der Waals surface area contributed by atoms with E-state index in [2.05, 4.69) is 10.3 Å². The molecule has 2 rings (SSSR count). The zero-order valence-electron chi connectivity index (χ0n) is 8.90. The normalized spacial score (nSPS) is 10.2. The second kappa shape index (κ2) is 4.69. The lowest BCUT2D eigenvalue weighted by Gasteiger charge is -2.05. The number of hydrogen-bond acceptors (Lipinski definition) is 2. The standard InChI is InChI=1S/C12H11FN2O2/c13-9-3-1-2-4-10(9)14-7-8-5-6-11(15-8)12(16)17/h1-6,14-15H,7H2,(H,16,17). The van der Waals surface area contributed by atoms with Crippen molar-refractivity contribution in [3.8, 4) is 0 Å². The van der Waals surface area contributed by atoms with Gasteiger partial charge in [-0.1, -0.05) is 12.1 Å². The van der Waals surface area contributed by atoms with Crippen LogP contribution in [0.4, 0.5) is 10.1 Å². The Labute approximate surface area is 97.1 Å². The van der Waals surface area contributed by atoms with Crippen LogP contribution in [0.25, 0.3) is 0 Å². The molecule has 0 spiro atoms. The van der Waals surface area contributed by atoms with E-state index in [1.807, 2.05) is 0 Å². The molecule has 1 heterocycles. The Kier molecular flexibility index (Phi) is 3.09. The molecule has 0 bridgehead atoms. The molecule has 0 unspecified atom stereocenters. The Bertz CT molecular complexity index is 537. The second-order valence-corrected chi connectivity index (χ2v) is 3.54. The zero-order chi connectivity index (χ0) is 12.3. The van der Waals surface area contributed by atoms with Crippen molar-refractivity contribution in [3.63, 3.8) is 0 Å². The fourth-order valence-electron chi connectivity index (χ4n) is 1.46. The van der Waals surface area contributed by atoms with Crippen LogP contribution in [0, 0.1) is 5.82 Å². The Hall–Kier alpha value is -2.30. The first-order chi connectivity index (χ1) is 8.16. The predicted molar refractivity (Wildman–Crippen MR) is 61.5 cm³/mol. The van der Waals surface area contributed by atoms with E-state index in [1.165, 1.54) is 12.1 Å². The Morgan fingerprint density at radius 2 is 2.06 bits per heavy atom. The number of carboxylic acids is 1. The van der Waals surface area contributed by atoms with Gasteiger partial charge in [-0.15, -0.1) is 0 Å². The third kappa shape index (κ3) is 2.63. The number of carbonyl (C=O) groups is 1. The average Bonchev–Trinajstić information content (AvgIpc) is 2.77. The molecule has 0 aliphatic heterocycles. The average molecular weight is 234 g/mol. The van der Waals surface area contributed by atoms with Crippen molar-refractivity contribution < 1.29 is 14.3 Å². The van der Waals surface area contributed by atoms with E-state index in [0.29, 0.717) is 17.9 Å². The van der Waals surface area contributed by atoms with Crippen molar-refractivity contribution in [1.82, 2.24) is 4.98 Å². The first-order valence-corrected chi connectivity index (χ1v) is 5.06. The van der Waals surface area contributed by atoms with Crippen molar-refractivity contribution in [1.29, 1.82) is 0 Å². The molecular formula is C12H11FN2O2. The minimum absolute atomic E-state index is 0.121. The number of hydrogen-bond donors (Lipinski definition) is 3. The maximum absolute atomic E-state index is 13.3. The van der Waals surface area contributed by atoms with Crippen LogP contribution in [0.3, 0.4) is 0 Å². The van der Waals surface area contributed by atoms with E-state index >= 15 is 0 Å². The van der Waals surface area contributed by atoms with E-state index in [9.17, 15) is 9.18 Å². The Morgan fingerprint density at radius 1 is 1.29 bits per heavy atom. The summed E-state index contributed by atoms with van der Waals surface area (Å²) in [6.45, 7) is 0.341. The molecule has 1 aromatic carbocycles. The summed E-state index contributed by atoms with van der Waals surface area (Å²) >= 11 is 0. The lowest BCUT2D eigenvalue weighted by molar-refractivity contribution is 0.0691. The molecule has 1 aromatic heterocycles. The van der Waals surface area contributed by atoms with Crippen LogP contribution in [-0.2, 0) is 6.54 Å². The highest BCUT2D eigenvalue weighted by atomic mass is 19.1. The molecule has 0 atom stereocenters. The zero-order valence-corrected chi connectivity index (χ0v) is 8.90. The number of benzene rings is 1. The maximum Gasteiger partial charge on any atom is 0.352 e. The molecule has 0 radical (unpaired) electrons. The SMILES string of the molecule is O=C(O)c1ccc(CNc2ccccc2F)[nH]1. The second-order valence-electron chi connectivity index (χ2n) is 3.54. The van der Waals surface area contributed by atoms with Crippen LogP contribution in [-0.4, -0.2) is 16.1 Å². The summed E-state index contributed by atoms with van der Waals surface area (Å²) in [4.78, 5) is 13.3. The summed E-state index contributed by atoms with van der Waals surface area (Å²) in [6, 6.07) is 9.44. The van der Waals surface area contributed by atoms with Crippen molar-refractivity contribution in [3.05, 3.63) is 53.6 Å². The highest BCUT2D eigenvalue weighted by Gasteiger charge is 2.06. The lowest BCUT2D eigenvalue weighted by Crippen LogP contribution is -2.03. The number of carboxylic acid groups (broad SMARTS) is 1. The summed E-state index contributed by atoms with van der Waals surface area (Å²) in [6.07, 6.45) is 0. The van der Waals surface area contributed by atoms with Crippen LogP contribution in [0.1, 0.15) is 16.2 Å². The van der Waals surface area contributed by atoms with Gasteiger partial charge < -0.3 is 15.4 Å². The van der Waals surface area contributed by atoms with Crippen LogP contribution in [0.5, 0.6) is 0 Å². The summed E-state index contributed by atoms with van der Waals surface area (Å²) < 4.78 is 13.3. The largest absolute Gasteiger partial charge is 0.477 e. The number of aromatic nitrogens is 1. The molecule has 2 aromatic rings. The molecule has 3 N–H and O–H groups in total. The quantitative estimate of drug-likeness (QED) is 0.761. The highest BCUT2D eigenvalue weighted by molar-refractivity contribution is 5.85. The van der Waals surface area contributed by atoms with Gasteiger partial charge in [0.1, 0.15) is 11.5 Å². The summed E-state index contributed by atoms with van der Waals surface area (Å²) in [5.74, 6) is -1.35. The molecule has 0 fully saturated rings. The van der Waals surface area contributed by atoms with Gasteiger partial charge in [-0.05, 0) is 24.3 Å². The van der Waals surface area contributed by atoms with Crippen molar-refractivity contribution in [2.45, 2.75) is 6.54 Å². The van der Waals surface area contributed by atoms with Crippen LogP contribution in [0.2, 0.25) is 0 Å². The van der Waals surface area contributed by atoms with Crippen molar-refractivity contribution >= 4 is 11.7 Å². The molecular weight excluding hydrogens is 223 g/mol. The maximum atomic E-state index is 13.3. The fraction of sp³-hybridized carbons (Fsp3) is 0.0833. The molecule has 0 aliphatic carbocycles. The lowest BCUT2D eigenvalue weighted by atomic mass is 10.3. The van der Waals surface area contributed by atoms with Crippen LogP contribution < -0.4 is 5.32 Å². The molecule has 4 nitrogen and oxygen atoms in total. The number of nitrogens with one attached hydrogen (secondary N) is 2. The molecule has 0 aliphatic rings. The Morgan fingerprint density at radius 3 is 2.71 bits per heavy atom. The summed E-state index contributed by atoms with van der Waals surface area (Å²) in [5.41, 5.74) is 1.19. The van der Waals surface area contributed by atoms with Crippen molar-refractivity contribution in [2.75, 3.05) is 5.32 Å². The molecule has 0 saturated heterocycles. The van der Waals surface area contributed by atoms with Gasteiger partial charge in [0.05, 0.1) is 12.2 Å². The summed E-state index contributed by atoms with van der Waals surface area (Å²) in [7, 11) is 0. The Balaban J connectivity index is 2.02. The number of anilines is 1. The van der Waals surface area contributed by atoms with E-state index < -0.39 is 5.97 Å². The number of halogens is 1. The fourth-order valence-corrected chi connectivity index (χ4v) is 1.46. The minimum atomic E-state index is -1.01. The minimum Gasteiger partial charge on any atom is -0.477 e.